The third-order valence-corrected chi connectivity index (χ3v) is 3.25. The van der Waals surface area contributed by atoms with Crippen LogP contribution in [0.4, 0.5) is 0 Å². The molecule has 0 saturated heterocycles. The first kappa shape index (κ1) is 12.5. The maximum atomic E-state index is 11.4. The average molecular weight is 212 g/mol. The van der Waals surface area contributed by atoms with Crippen molar-refractivity contribution in [2.45, 2.75) is 45.1 Å². The minimum absolute atomic E-state index is 0.207. The molecule has 1 unspecified atom stereocenters. The fourth-order valence-electron chi connectivity index (χ4n) is 1.83. The maximum absolute atomic E-state index is 11.4. The van der Waals surface area contributed by atoms with E-state index in [1.807, 2.05) is 14.1 Å². The van der Waals surface area contributed by atoms with E-state index in [0.29, 0.717) is 12.5 Å². The van der Waals surface area contributed by atoms with Crippen molar-refractivity contribution < 1.29 is 4.79 Å². The van der Waals surface area contributed by atoms with Gasteiger partial charge in [-0.05, 0) is 25.8 Å². The van der Waals surface area contributed by atoms with Crippen molar-refractivity contribution in [3.05, 3.63) is 0 Å². The quantitative estimate of drug-likeness (QED) is 0.726. The molecule has 0 aromatic rings. The summed E-state index contributed by atoms with van der Waals surface area (Å²) < 4.78 is 0. The van der Waals surface area contributed by atoms with Gasteiger partial charge in [-0.1, -0.05) is 19.3 Å². The normalized spacial score (nSPS) is 18.3. The van der Waals surface area contributed by atoms with E-state index in [1.54, 1.807) is 4.90 Å². The predicted molar refractivity (Wildman–Crippen MR) is 62.7 cm³/mol. The van der Waals surface area contributed by atoms with E-state index >= 15 is 0 Å². The summed E-state index contributed by atoms with van der Waals surface area (Å²) in [4.78, 5) is 13.1. The molecule has 1 saturated carbocycles. The number of carbonyl (C=O) groups is 1. The zero-order valence-corrected chi connectivity index (χ0v) is 10.3. The van der Waals surface area contributed by atoms with Crippen molar-refractivity contribution in [3.8, 4) is 0 Å². The second kappa shape index (κ2) is 6.11. The number of hydrogen-bond donors (Lipinski definition) is 1. The van der Waals surface area contributed by atoms with Gasteiger partial charge in [-0.2, -0.15) is 0 Å². The molecule has 15 heavy (non-hydrogen) atoms. The molecule has 0 heterocycles. The highest BCUT2D eigenvalue weighted by atomic mass is 16.2. The van der Waals surface area contributed by atoms with Gasteiger partial charge in [0.05, 0.1) is 0 Å². The number of amides is 1. The van der Waals surface area contributed by atoms with E-state index in [2.05, 4.69) is 12.2 Å². The van der Waals surface area contributed by atoms with Gasteiger partial charge >= 0.3 is 0 Å². The van der Waals surface area contributed by atoms with Crippen molar-refractivity contribution in [2.24, 2.45) is 5.92 Å². The molecule has 1 rings (SSSR count). The van der Waals surface area contributed by atoms with Crippen LogP contribution in [-0.4, -0.2) is 37.5 Å². The minimum Gasteiger partial charge on any atom is -0.349 e. The summed E-state index contributed by atoms with van der Waals surface area (Å²) in [5.74, 6) is 1.16. The number of rotatable bonds is 6. The molecule has 3 heteroatoms. The summed E-state index contributed by atoms with van der Waals surface area (Å²) >= 11 is 0. The van der Waals surface area contributed by atoms with Crippen LogP contribution >= 0.6 is 0 Å². The van der Waals surface area contributed by atoms with Crippen LogP contribution in [0.3, 0.4) is 0 Å². The lowest BCUT2D eigenvalue weighted by Gasteiger charge is -2.26. The van der Waals surface area contributed by atoms with Gasteiger partial charge in [0.2, 0.25) is 5.91 Å². The third-order valence-electron chi connectivity index (χ3n) is 3.25. The Morgan fingerprint density at radius 2 is 2.13 bits per heavy atom. The molecule has 88 valence electrons. The SMILES string of the molecule is CC(CC(=O)N(C)C)NCCC1CCC1. The van der Waals surface area contributed by atoms with Crippen LogP contribution in [0, 0.1) is 5.92 Å². The molecule has 0 radical (unpaired) electrons. The van der Waals surface area contributed by atoms with Crippen LogP contribution < -0.4 is 5.32 Å². The second-order valence-corrected chi connectivity index (χ2v) is 4.93. The third kappa shape index (κ3) is 4.65. The van der Waals surface area contributed by atoms with Gasteiger partial charge in [-0.25, -0.2) is 0 Å². The molecule has 1 amide bonds. The number of nitrogens with one attached hydrogen (secondary N) is 1. The molecule has 3 nitrogen and oxygen atoms in total. The first-order valence-electron chi connectivity index (χ1n) is 6.03. The highest BCUT2D eigenvalue weighted by molar-refractivity contribution is 5.76. The zero-order chi connectivity index (χ0) is 11.3. The number of carbonyl (C=O) groups excluding carboxylic acids is 1. The summed E-state index contributed by atoms with van der Waals surface area (Å²) in [5.41, 5.74) is 0. The van der Waals surface area contributed by atoms with E-state index in [1.165, 1.54) is 25.7 Å². The maximum Gasteiger partial charge on any atom is 0.223 e. The Morgan fingerprint density at radius 3 is 2.60 bits per heavy atom. The van der Waals surface area contributed by atoms with Gasteiger partial charge in [-0.3, -0.25) is 4.79 Å². The summed E-state index contributed by atoms with van der Waals surface area (Å²) in [5, 5.41) is 3.42. The van der Waals surface area contributed by atoms with E-state index in [4.69, 9.17) is 0 Å². The standard InChI is InChI=1S/C12H24N2O/c1-10(9-12(15)14(2)3)13-8-7-11-5-4-6-11/h10-11,13H,4-9H2,1-3H3. The Bertz CT molecular complexity index is 200. The minimum atomic E-state index is 0.207. The van der Waals surface area contributed by atoms with Crippen molar-refractivity contribution in [3.63, 3.8) is 0 Å². The smallest absolute Gasteiger partial charge is 0.223 e. The summed E-state index contributed by atoms with van der Waals surface area (Å²) in [6.45, 7) is 3.15. The summed E-state index contributed by atoms with van der Waals surface area (Å²) in [6.07, 6.45) is 6.12. The van der Waals surface area contributed by atoms with E-state index < -0.39 is 0 Å². The lowest BCUT2D eigenvalue weighted by molar-refractivity contribution is -0.129. The van der Waals surface area contributed by atoms with Crippen LogP contribution in [0.2, 0.25) is 0 Å². The van der Waals surface area contributed by atoms with Gasteiger partial charge < -0.3 is 10.2 Å². The summed E-state index contributed by atoms with van der Waals surface area (Å²) in [6, 6.07) is 0.306. The van der Waals surface area contributed by atoms with Crippen LogP contribution in [-0.2, 0) is 4.79 Å². The Hall–Kier alpha value is -0.570. The summed E-state index contributed by atoms with van der Waals surface area (Å²) in [7, 11) is 3.62. The lowest BCUT2D eigenvalue weighted by atomic mass is 9.83. The number of nitrogens with zero attached hydrogens (tertiary/aromatic N) is 1. The molecule has 0 spiro atoms. The molecule has 0 aromatic carbocycles. The highest BCUT2D eigenvalue weighted by Gasteiger charge is 2.17. The fourth-order valence-corrected chi connectivity index (χ4v) is 1.83. The van der Waals surface area contributed by atoms with Crippen LogP contribution in [0.25, 0.3) is 0 Å². The monoisotopic (exact) mass is 212 g/mol. The largest absolute Gasteiger partial charge is 0.349 e. The van der Waals surface area contributed by atoms with Gasteiger partial charge in [0.1, 0.15) is 0 Å². The molecule has 1 fully saturated rings. The molecule has 1 N–H and O–H groups in total. The molecule has 0 aliphatic heterocycles. The zero-order valence-electron chi connectivity index (χ0n) is 10.3. The van der Waals surface area contributed by atoms with Crippen LogP contribution in [0.15, 0.2) is 0 Å². The average Bonchev–Trinajstić information content (AvgIpc) is 2.09. The Balaban J connectivity index is 2.02. The van der Waals surface area contributed by atoms with E-state index in [9.17, 15) is 4.79 Å². The van der Waals surface area contributed by atoms with E-state index in [0.717, 1.165) is 12.5 Å². The molecule has 1 aliphatic rings. The second-order valence-electron chi connectivity index (χ2n) is 4.93. The Morgan fingerprint density at radius 1 is 1.47 bits per heavy atom. The number of hydrogen-bond acceptors (Lipinski definition) is 2. The molecular formula is C12H24N2O. The topological polar surface area (TPSA) is 32.3 Å². The Labute approximate surface area is 93.2 Å². The molecule has 0 aromatic heterocycles. The van der Waals surface area contributed by atoms with Crippen molar-refractivity contribution >= 4 is 5.91 Å². The lowest BCUT2D eigenvalue weighted by Crippen LogP contribution is -2.34. The first-order chi connectivity index (χ1) is 7.09. The molecule has 0 bridgehead atoms. The molecule has 1 aliphatic carbocycles. The fraction of sp³-hybridized carbons (Fsp3) is 0.917. The van der Waals surface area contributed by atoms with Crippen LogP contribution in [0.1, 0.15) is 39.0 Å². The van der Waals surface area contributed by atoms with Crippen molar-refractivity contribution in [1.82, 2.24) is 10.2 Å². The van der Waals surface area contributed by atoms with Crippen LogP contribution in [0.5, 0.6) is 0 Å². The van der Waals surface area contributed by atoms with Gasteiger partial charge in [-0.15, -0.1) is 0 Å². The van der Waals surface area contributed by atoms with Crippen molar-refractivity contribution in [2.75, 3.05) is 20.6 Å². The van der Waals surface area contributed by atoms with Gasteiger partial charge in [0, 0.05) is 26.6 Å². The van der Waals surface area contributed by atoms with E-state index in [-0.39, 0.29) is 5.91 Å². The van der Waals surface area contributed by atoms with Gasteiger partial charge in [0.25, 0.3) is 0 Å². The highest BCUT2D eigenvalue weighted by Crippen LogP contribution is 2.28. The predicted octanol–water partition coefficient (Wildman–Crippen LogP) is 1.63. The van der Waals surface area contributed by atoms with Crippen molar-refractivity contribution in [1.29, 1.82) is 0 Å². The van der Waals surface area contributed by atoms with Gasteiger partial charge in [0.15, 0.2) is 0 Å². The molecular weight excluding hydrogens is 188 g/mol. The Kier molecular flexibility index (Phi) is 5.09. The molecule has 1 atom stereocenters. The first-order valence-corrected chi connectivity index (χ1v) is 6.03.